The van der Waals surface area contributed by atoms with Crippen molar-refractivity contribution in [2.45, 2.75) is 0 Å². The Bertz CT molecular complexity index is 4560. The molecule has 3 heterocycles. The third-order valence-corrected chi connectivity index (χ3v) is 9.12. The summed E-state index contributed by atoms with van der Waals surface area (Å²) in [6.45, 7) is 0. The quantitative estimate of drug-likeness (QED) is 0.171. The molecule has 0 aliphatic carbocycles. The molecule has 0 radical (unpaired) electrons. The van der Waals surface area contributed by atoms with Crippen molar-refractivity contribution in [3.8, 4) is 56.7 Å². The van der Waals surface area contributed by atoms with Crippen molar-refractivity contribution in [3.63, 3.8) is 0 Å². The highest BCUT2D eigenvalue weighted by Gasteiger charge is 2.23. The lowest BCUT2D eigenvalue weighted by molar-refractivity contribution is 0.953. The van der Waals surface area contributed by atoms with Gasteiger partial charge in [0.1, 0.15) is 0 Å². The summed E-state index contributed by atoms with van der Waals surface area (Å²) in [5, 5.41) is -1.09. The lowest BCUT2D eigenvalue weighted by atomic mass is 10.0. The Morgan fingerprint density at radius 3 is 1.66 bits per heavy atom. The molecule has 0 bridgehead atoms. The lowest BCUT2D eigenvalue weighted by Crippen LogP contribution is -2.06. The molecular weight excluding hydrogens is 683 g/mol. The molecule has 11 rings (SSSR count). The summed E-state index contributed by atoms with van der Waals surface area (Å²) in [7, 11) is 0. The SMILES string of the molecule is [2H]c1c([2H])c([2H])c(-c2nc(-c3c([2H])c([2H])c(-c4c([2H])c([2H])c([2H])c([2H])c4[2H])c([2H])c3[2H])nc(-n3c4c([2H])c([2H])c([2H])c([2H])c4c4c3c([2H])c([2H])c3c5c([2H])c([2H])c([2H])c([2H])c5n(-c5ccccc5-c5ccccc5)c34)n2)c([2H])c1[2H]. The minimum absolute atomic E-state index is 0.150. The van der Waals surface area contributed by atoms with E-state index in [2.05, 4.69) is 15.0 Å². The van der Waals surface area contributed by atoms with Crippen LogP contribution in [0.15, 0.2) is 200 Å². The molecule has 0 aliphatic rings. The monoisotopic (exact) mass is 739 g/mol. The van der Waals surface area contributed by atoms with E-state index < -0.39 is 196 Å². The van der Waals surface area contributed by atoms with E-state index in [0.717, 1.165) is 4.57 Å². The molecule has 0 fully saturated rings. The zero-order chi connectivity index (χ0) is 57.9. The number of nitrogens with zero attached hydrogens (tertiary/aromatic N) is 5. The van der Waals surface area contributed by atoms with Gasteiger partial charge in [0.15, 0.2) is 11.6 Å². The molecule has 8 aromatic carbocycles. The number of fused-ring (bicyclic) bond motifs is 7. The van der Waals surface area contributed by atoms with Crippen molar-refractivity contribution < 1.29 is 32.9 Å². The molecule has 5 heteroatoms. The predicted molar refractivity (Wildman–Crippen MR) is 230 cm³/mol. The number of rotatable bonds is 6. The van der Waals surface area contributed by atoms with Crippen LogP contribution in [0.3, 0.4) is 0 Å². The third-order valence-electron chi connectivity index (χ3n) is 9.12. The fraction of sp³-hybridized carbons (Fsp3) is 0. The molecule has 0 unspecified atom stereocenters. The van der Waals surface area contributed by atoms with E-state index in [9.17, 15) is 13.7 Å². The molecule has 11 aromatic rings. The summed E-state index contributed by atoms with van der Waals surface area (Å²) < 4.78 is 218. The van der Waals surface area contributed by atoms with E-state index in [1.807, 2.05) is 0 Å². The van der Waals surface area contributed by atoms with Crippen LogP contribution in [0.2, 0.25) is 0 Å². The Morgan fingerprint density at radius 1 is 0.375 bits per heavy atom. The van der Waals surface area contributed by atoms with Crippen LogP contribution >= 0.6 is 0 Å². The molecule has 0 N–H and O–H groups in total. The topological polar surface area (TPSA) is 48.5 Å². The molecule has 262 valence electrons. The molecule has 0 amide bonds. The zero-order valence-electron chi connectivity index (χ0n) is 52.4. The molecule has 5 nitrogen and oxygen atoms in total. The van der Waals surface area contributed by atoms with Crippen molar-refractivity contribution in [2.75, 3.05) is 0 Å². The largest absolute Gasteiger partial charge is 0.308 e. The highest BCUT2D eigenvalue weighted by molar-refractivity contribution is 6.26. The molecule has 0 atom stereocenters. The Balaban J connectivity index is 1.38. The average molecular weight is 740 g/mol. The molecule has 0 saturated heterocycles. The van der Waals surface area contributed by atoms with Gasteiger partial charge in [-0.2, -0.15) is 9.97 Å². The molecule has 0 aliphatic heterocycles. The fourth-order valence-corrected chi connectivity index (χ4v) is 6.77. The van der Waals surface area contributed by atoms with Gasteiger partial charge in [-0.15, -0.1) is 0 Å². The van der Waals surface area contributed by atoms with Gasteiger partial charge in [-0.05, 0) is 40.9 Å². The van der Waals surface area contributed by atoms with Crippen molar-refractivity contribution in [1.82, 2.24) is 24.1 Å². The summed E-state index contributed by atoms with van der Waals surface area (Å²) in [5.74, 6) is -2.46. The number of aromatic nitrogens is 5. The Labute approximate surface area is 357 Å². The van der Waals surface area contributed by atoms with Crippen molar-refractivity contribution >= 4 is 43.6 Å². The number of para-hydroxylation sites is 3. The van der Waals surface area contributed by atoms with Gasteiger partial charge in [0, 0.05) is 38.2 Å². The maximum absolute atomic E-state index is 9.91. The van der Waals surface area contributed by atoms with Crippen molar-refractivity contribution in [3.05, 3.63) is 200 Å². The van der Waals surface area contributed by atoms with Gasteiger partial charge >= 0.3 is 0 Å². The van der Waals surface area contributed by atoms with Crippen LogP contribution in [0.4, 0.5) is 0 Å². The summed E-state index contributed by atoms with van der Waals surface area (Å²) in [4.78, 5) is 13.5. The van der Waals surface area contributed by atoms with Crippen molar-refractivity contribution in [2.24, 2.45) is 0 Å². The molecular formula is C51H33N5. The smallest absolute Gasteiger partial charge is 0.238 e. The molecule has 0 spiro atoms. The number of hydrogen-bond donors (Lipinski definition) is 0. The second-order valence-electron chi connectivity index (χ2n) is 12.2. The first-order chi connectivity index (χ1) is 37.8. The van der Waals surface area contributed by atoms with Gasteiger partial charge in [0.2, 0.25) is 5.95 Å². The van der Waals surface area contributed by atoms with Gasteiger partial charge < -0.3 is 4.57 Å². The maximum atomic E-state index is 9.91. The van der Waals surface area contributed by atoms with E-state index in [1.165, 1.54) is 4.57 Å². The van der Waals surface area contributed by atoms with Gasteiger partial charge in [-0.25, -0.2) is 4.98 Å². The second kappa shape index (κ2) is 13.0. The van der Waals surface area contributed by atoms with E-state index >= 15 is 0 Å². The normalized spacial score (nSPS) is 17.6. The molecule has 3 aromatic heterocycles. The van der Waals surface area contributed by atoms with Crippen LogP contribution in [0.25, 0.3) is 100 Å². The van der Waals surface area contributed by atoms with Crippen LogP contribution in [-0.2, 0) is 0 Å². The van der Waals surface area contributed by atoms with E-state index in [-0.39, 0.29) is 38.3 Å². The van der Waals surface area contributed by atoms with Crippen LogP contribution in [0.5, 0.6) is 0 Å². The van der Waals surface area contributed by atoms with Crippen LogP contribution < -0.4 is 0 Å². The van der Waals surface area contributed by atoms with Crippen LogP contribution in [0, 0.1) is 0 Å². The summed E-state index contributed by atoms with van der Waals surface area (Å²) in [6, 6.07) is -4.12. The highest BCUT2D eigenvalue weighted by atomic mass is 15.2. The Hall–Kier alpha value is -7.63. The molecule has 0 saturated carbocycles. The number of hydrogen-bond acceptors (Lipinski definition) is 3. The van der Waals surface area contributed by atoms with Gasteiger partial charge in [0.25, 0.3) is 0 Å². The average Bonchev–Trinajstić information content (AvgIpc) is 4.23. The van der Waals surface area contributed by atoms with E-state index in [1.54, 1.807) is 54.6 Å². The zero-order valence-corrected chi connectivity index (χ0v) is 28.4. The Morgan fingerprint density at radius 2 is 0.929 bits per heavy atom. The first kappa shape index (κ1) is 16.0. The van der Waals surface area contributed by atoms with Gasteiger partial charge in [0.05, 0.1) is 60.7 Å². The fourth-order valence-electron chi connectivity index (χ4n) is 6.77. The van der Waals surface area contributed by atoms with Crippen LogP contribution in [0.1, 0.15) is 32.9 Å². The summed E-state index contributed by atoms with van der Waals surface area (Å²) >= 11 is 0. The first-order valence-electron chi connectivity index (χ1n) is 28.9. The second-order valence-corrected chi connectivity index (χ2v) is 12.2. The minimum Gasteiger partial charge on any atom is -0.308 e. The lowest BCUT2D eigenvalue weighted by Gasteiger charge is -2.15. The van der Waals surface area contributed by atoms with E-state index in [0.29, 0.717) is 11.1 Å². The molecule has 56 heavy (non-hydrogen) atoms. The standard InChI is InChI=1S/C51H33N5/c1-4-16-34(17-5-1)35-28-30-38(31-29-35)50-52-49(37-20-8-3-9-21-37)53-51(54-50)56-45-27-15-12-24-42(45)47-46(56)33-32-41-40-23-11-14-26-44(40)55(48(41)47)43-25-13-10-22-39(43)36-18-6-2-7-19-36/h1-33H/i1D,3D,4D,5D,8D,9D,11D,12D,14D,15D,16D,17D,20D,21D,23D,24D,26D,27D,28D,29D,30D,31D,32D,33D. The first-order valence-corrected chi connectivity index (χ1v) is 16.9. The maximum Gasteiger partial charge on any atom is 0.238 e. The number of benzene rings is 8. The highest BCUT2D eigenvalue weighted by Crippen LogP contribution is 2.43. The minimum atomic E-state index is -0.987. The van der Waals surface area contributed by atoms with Crippen LogP contribution in [-0.4, -0.2) is 24.1 Å². The van der Waals surface area contributed by atoms with Crippen molar-refractivity contribution in [1.29, 1.82) is 0 Å². The summed E-state index contributed by atoms with van der Waals surface area (Å²) in [5.41, 5.74) is -2.87. The predicted octanol–water partition coefficient (Wildman–Crippen LogP) is 12.7. The summed E-state index contributed by atoms with van der Waals surface area (Å²) in [6.07, 6.45) is 0. The third kappa shape index (κ3) is 5.13. The Kier molecular flexibility index (Phi) is 3.73. The van der Waals surface area contributed by atoms with Gasteiger partial charge in [-0.1, -0.05) is 175 Å². The van der Waals surface area contributed by atoms with Gasteiger partial charge in [-0.3, -0.25) is 4.57 Å². The van der Waals surface area contributed by atoms with E-state index in [4.69, 9.17) is 19.2 Å².